The second-order valence-electron chi connectivity index (χ2n) is 7.87. The summed E-state index contributed by atoms with van der Waals surface area (Å²) in [6, 6.07) is 18.5. The highest BCUT2D eigenvalue weighted by Gasteiger charge is 2.30. The van der Waals surface area contributed by atoms with Crippen LogP contribution in [0.5, 0.6) is 0 Å². The fourth-order valence-electron chi connectivity index (χ4n) is 3.95. The number of hydrogen-bond donors (Lipinski definition) is 0. The fourth-order valence-corrected chi connectivity index (χ4v) is 3.95. The van der Waals surface area contributed by atoms with Crippen LogP contribution in [0.3, 0.4) is 0 Å². The molecule has 1 fully saturated rings. The van der Waals surface area contributed by atoms with Gasteiger partial charge in [-0.05, 0) is 56.6 Å². The first-order valence-electron chi connectivity index (χ1n) is 10.1. The Bertz CT molecular complexity index is 949. The zero-order chi connectivity index (χ0) is 20.2. The first-order valence-corrected chi connectivity index (χ1v) is 10.1. The van der Waals surface area contributed by atoms with Gasteiger partial charge in [0.2, 0.25) is 0 Å². The smallest absolute Gasteiger partial charge is 0.276 e. The molecule has 2 heterocycles. The van der Waals surface area contributed by atoms with E-state index in [1.807, 2.05) is 35.2 Å². The Labute approximate surface area is 171 Å². The van der Waals surface area contributed by atoms with Crippen molar-refractivity contribution < 1.29 is 4.79 Å². The van der Waals surface area contributed by atoms with Crippen LogP contribution in [0.1, 0.15) is 46.9 Å². The normalized spacial score (nSPS) is 16.9. The summed E-state index contributed by atoms with van der Waals surface area (Å²) in [6.45, 7) is 1.66. The zero-order valence-electron chi connectivity index (χ0n) is 17.0. The Hall–Kier alpha value is -2.99. The van der Waals surface area contributed by atoms with Crippen molar-refractivity contribution >= 4 is 5.91 Å². The highest BCUT2D eigenvalue weighted by atomic mass is 16.2. The van der Waals surface area contributed by atoms with E-state index in [-0.39, 0.29) is 11.9 Å². The number of aromatic nitrogens is 3. The van der Waals surface area contributed by atoms with Gasteiger partial charge < -0.3 is 9.80 Å². The topological polar surface area (TPSA) is 54.3 Å². The molecule has 3 aromatic rings. The van der Waals surface area contributed by atoms with E-state index in [2.05, 4.69) is 53.6 Å². The van der Waals surface area contributed by atoms with Crippen LogP contribution in [0.4, 0.5) is 0 Å². The number of likely N-dealkylation sites (tertiary alicyclic amines) is 1. The molecular weight excluding hydrogens is 362 g/mol. The number of hydrogen-bond acceptors (Lipinski definition) is 4. The predicted molar refractivity (Wildman–Crippen MR) is 113 cm³/mol. The third-order valence-corrected chi connectivity index (χ3v) is 5.36. The van der Waals surface area contributed by atoms with E-state index < -0.39 is 0 Å². The number of amides is 1. The van der Waals surface area contributed by atoms with Crippen molar-refractivity contribution in [2.24, 2.45) is 0 Å². The van der Waals surface area contributed by atoms with Gasteiger partial charge in [0.05, 0.1) is 17.9 Å². The largest absolute Gasteiger partial charge is 0.330 e. The van der Waals surface area contributed by atoms with Gasteiger partial charge in [-0.1, -0.05) is 47.7 Å². The van der Waals surface area contributed by atoms with E-state index in [4.69, 9.17) is 0 Å². The predicted octanol–water partition coefficient (Wildman–Crippen LogP) is 3.70. The molecule has 1 aliphatic heterocycles. The minimum absolute atomic E-state index is 0.0470. The maximum absolute atomic E-state index is 13.2. The van der Waals surface area contributed by atoms with Crippen LogP contribution in [-0.4, -0.2) is 51.3 Å². The van der Waals surface area contributed by atoms with Crippen LogP contribution in [0, 0.1) is 0 Å². The van der Waals surface area contributed by atoms with Crippen molar-refractivity contribution in [1.82, 2.24) is 24.8 Å². The number of piperidine rings is 1. The summed E-state index contributed by atoms with van der Waals surface area (Å²) in [5.74, 6) is -0.0470. The molecule has 1 atom stereocenters. The van der Waals surface area contributed by atoms with Gasteiger partial charge in [-0.2, -0.15) is 0 Å². The lowest BCUT2D eigenvalue weighted by molar-refractivity contribution is 0.0605. The molecule has 0 spiro atoms. The van der Waals surface area contributed by atoms with E-state index in [1.54, 1.807) is 10.9 Å². The molecule has 4 rings (SSSR count). The second kappa shape index (κ2) is 8.57. The molecule has 150 valence electrons. The van der Waals surface area contributed by atoms with Crippen LogP contribution < -0.4 is 0 Å². The molecule has 1 saturated heterocycles. The van der Waals surface area contributed by atoms with E-state index in [0.717, 1.165) is 38.0 Å². The van der Waals surface area contributed by atoms with Crippen molar-refractivity contribution in [3.05, 3.63) is 77.6 Å². The van der Waals surface area contributed by atoms with Crippen LogP contribution in [0.2, 0.25) is 0 Å². The Morgan fingerprint density at radius 1 is 1.07 bits per heavy atom. The Morgan fingerprint density at radius 3 is 2.55 bits per heavy atom. The van der Waals surface area contributed by atoms with Crippen molar-refractivity contribution in [2.75, 3.05) is 20.6 Å². The zero-order valence-corrected chi connectivity index (χ0v) is 17.0. The van der Waals surface area contributed by atoms with Crippen LogP contribution in [-0.2, 0) is 6.54 Å². The van der Waals surface area contributed by atoms with Gasteiger partial charge in [0.15, 0.2) is 5.69 Å². The van der Waals surface area contributed by atoms with Gasteiger partial charge in [0, 0.05) is 13.1 Å². The lowest BCUT2D eigenvalue weighted by Gasteiger charge is -2.35. The van der Waals surface area contributed by atoms with Gasteiger partial charge in [0.1, 0.15) is 0 Å². The maximum Gasteiger partial charge on any atom is 0.276 e. The Kier molecular flexibility index (Phi) is 5.71. The van der Waals surface area contributed by atoms with E-state index >= 15 is 0 Å². The first-order chi connectivity index (χ1) is 14.1. The average molecular weight is 390 g/mol. The van der Waals surface area contributed by atoms with Crippen molar-refractivity contribution in [3.63, 3.8) is 0 Å². The number of benzene rings is 2. The molecule has 0 radical (unpaired) electrons. The van der Waals surface area contributed by atoms with Gasteiger partial charge >= 0.3 is 0 Å². The third-order valence-electron chi connectivity index (χ3n) is 5.36. The maximum atomic E-state index is 13.2. The van der Waals surface area contributed by atoms with Gasteiger partial charge in [-0.25, -0.2) is 4.68 Å². The summed E-state index contributed by atoms with van der Waals surface area (Å²) >= 11 is 0. The van der Waals surface area contributed by atoms with Crippen LogP contribution >= 0.6 is 0 Å². The number of nitrogens with zero attached hydrogens (tertiary/aromatic N) is 5. The quantitative estimate of drug-likeness (QED) is 0.668. The van der Waals surface area contributed by atoms with Crippen molar-refractivity contribution in [3.8, 4) is 5.69 Å². The molecule has 29 heavy (non-hydrogen) atoms. The minimum atomic E-state index is -0.0470. The summed E-state index contributed by atoms with van der Waals surface area (Å²) in [4.78, 5) is 17.4. The SMILES string of the molecule is CN(C)Cc1ccc([C@H]2CCCCN2C(=O)c2cn(-c3ccccc3)nn2)cc1. The molecular formula is C23H27N5O. The van der Waals surface area contributed by atoms with Crippen molar-refractivity contribution in [1.29, 1.82) is 0 Å². The Morgan fingerprint density at radius 2 is 1.83 bits per heavy atom. The number of para-hydroxylation sites is 1. The van der Waals surface area contributed by atoms with E-state index in [0.29, 0.717) is 5.69 Å². The molecule has 6 heteroatoms. The van der Waals surface area contributed by atoms with Crippen molar-refractivity contribution in [2.45, 2.75) is 31.8 Å². The molecule has 6 nitrogen and oxygen atoms in total. The highest BCUT2D eigenvalue weighted by Crippen LogP contribution is 2.32. The van der Waals surface area contributed by atoms with Gasteiger partial charge in [-0.3, -0.25) is 4.79 Å². The van der Waals surface area contributed by atoms with Gasteiger partial charge in [0.25, 0.3) is 5.91 Å². The van der Waals surface area contributed by atoms with Gasteiger partial charge in [-0.15, -0.1) is 5.10 Å². The molecule has 0 bridgehead atoms. The molecule has 1 amide bonds. The highest BCUT2D eigenvalue weighted by molar-refractivity contribution is 5.92. The molecule has 0 saturated carbocycles. The first kappa shape index (κ1) is 19.3. The monoisotopic (exact) mass is 389 g/mol. The summed E-state index contributed by atoms with van der Waals surface area (Å²) in [5, 5.41) is 8.31. The third kappa shape index (κ3) is 4.38. The number of carbonyl (C=O) groups is 1. The lowest BCUT2D eigenvalue weighted by Crippen LogP contribution is -2.38. The fraction of sp³-hybridized carbons (Fsp3) is 0.348. The summed E-state index contributed by atoms with van der Waals surface area (Å²) < 4.78 is 1.65. The lowest BCUT2D eigenvalue weighted by atomic mass is 9.94. The van der Waals surface area contributed by atoms with Crippen LogP contribution in [0.15, 0.2) is 60.8 Å². The number of carbonyl (C=O) groups excluding carboxylic acids is 1. The molecule has 0 unspecified atom stereocenters. The van der Waals surface area contributed by atoms with Crippen LogP contribution in [0.25, 0.3) is 5.69 Å². The molecule has 1 aliphatic rings. The number of rotatable bonds is 5. The summed E-state index contributed by atoms with van der Waals surface area (Å²) in [6.07, 6.45) is 4.85. The molecule has 1 aromatic heterocycles. The Balaban J connectivity index is 1.54. The van der Waals surface area contributed by atoms with E-state index in [1.165, 1.54) is 11.1 Å². The van der Waals surface area contributed by atoms with E-state index in [9.17, 15) is 4.79 Å². The summed E-state index contributed by atoms with van der Waals surface area (Å²) in [5.41, 5.74) is 3.75. The summed E-state index contributed by atoms with van der Waals surface area (Å²) in [7, 11) is 4.14. The second-order valence-corrected chi connectivity index (χ2v) is 7.87. The molecule has 0 N–H and O–H groups in total. The molecule has 2 aromatic carbocycles. The average Bonchev–Trinajstić information content (AvgIpc) is 3.24. The molecule has 0 aliphatic carbocycles. The standard InChI is InChI=1S/C23H27N5O/c1-26(2)16-18-11-13-19(14-12-18)22-10-6-7-15-27(22)23(29)21-17-28(25-24-21)20-8-4-3-5-9-20/h3-5,8-9,11-14,17,22H,6-7,10,15-16H2,1-2H3/t22-/m1/s1. The minimum Gasteiger partial charge on any atom is -0.330 e.